The average Bonchev–Trinajstić information content (AvgIpc) is 3.00. The van der Waals surface area contributed by atoms with Crippen LogP contribution in [0.5, 0.6) is 5.75 Å². The molecule has 45 heavy (non-hydrogen) atoms. The summed E-state index contributed by atoms with van der Waals surface area (Å²) in [4.78, 5) is 0. The summed E-state index contributed by atoms with van der Waals surface area (Å²) < 4.78 is 98.3. The molecule has 0 aromatic heterocycles. The van der Waals surface area contributed by atoms with E-state index in [1.54, 1.807) is 6.07 Å². The molecule has 2 aliphatic rings. The lowest BCUT2D eigenvalue weighted by Gasteiger charge is -2.28. The second-order valence-electron chi connectivity index (χ2n) is 10.9. The summed E-state index contributed by atoms with van der Waals surface area (Å²) in [7, 11) is 0. The molecule has 10 heteroatoms. The Morgan fingerprint density at radius 1 is 0.978 bits per heavy atom. The van der Waals surface area contributed by atoms with E-state index < -0.39 is 47.5 Å². The van der Waals surface area contributed by atoms with Gasteiger partial charge in [0.1, 0.15) is 35.0 Å². The molecule has 3 aromatic carbocycles. The lowest BCUT2D eigenvalue weighted by Crippen LogP contribution is -2.34. The van der Waals surface area contributed by atoms with Gasteiger partial charge in [-0.2, -0.15) is 20.5 Å². The Bertz CT molecular complexity index is 1580. The van der Waals surface area contributed by atoms with Crippen molar-refractivity contribution in [3.63, 3.8) is 0 Å². The Balaban J connectivity index is 1.28. The number of hydrogen-bond acceptors (Lipinski definition) is 3. The van der Waals surface area contributed by atoms with Gasteiger partial charge in [-0.05, 0) is 84.9 Å². The molecule has 1 saturated heterocycles. The van der Waals surface area contributed by atoms with Crippen molar-refractivity contribution >= 4 is 28.9 Å². The van der Waals surface area contributed by atoms with Crippen molar-refractivity contribution in [3.8, 4) is 16.9 Å². The van der Waals surface area contributed by atoms with Gasteiger partial charge in [-0.15, -0.1) is 6.58 Å². The number of thioether (sulfide) groups is 1. The van der Waals surface area contributed by atoms with Gasteiger partial charge in [0.15, 0.2) is 0 Å². The fraction of sp³-hybridized carbons (Fsp3) is 0.314. The van der Waals surface area contributed by atoms with Gasteiger partial charge in [-0.25, -0.2) is 17.6 Å². The van der Waals surface area contributed by atoms with Gasteiger partial charge in [0.2, 0.25) is 0 Å². The summed E-state index contributed by atoms with van der Waals surface area (Å²) in [6, 6.07) is 13.4. The molecule has 1 fully saturated rings. The molecule has 2 nitrogen and oxygen atoms in total. The Labute approximate surface area is 267 Å². The van der Waals surface area contributed by atoms with Crippen LogP contribution in [0.25, 0.3) is 16.7 Å². The van der Waals surface area contributed by atoms with E-state index in [9.17, 15) is 17.6 Å². The molecule has 0 spiro atoms. The monoisotopic (exact) mass is 664 g/mol. The largest absolute Gasteiger partial charge is 0.429 e. The topological polar surface area (TPSA) is 18.5 Å². The maximum atomic E-state index is 15.3. The summed E-state index contributed by atoms with van der Waals surface area (Å²) in [6.07, 6.45) is -0.958. The average molecular weight is 665 g/mol. The van der Waals surface area contributed by atoms with Gasteiger partial charge in [0, 0.05) is 40.2 Å². The van der Waals surface area contributed by atoms with Crippen LogP contribution in [0.4, 0.5) is 26.3 Å². The van der Waals surface area contributed by atoms with Crippen molar-refractivity contribution < 1.29 is 35.8 Å². The molecule has 5 rings (SSSR count). The van der Waals surface area contributed by atoms with E-state index in [4.69, 9.17) is 16.3 Å². The summed E-state index contributed by atoms with van der Waals surface area (Å²) >= 11 is 8.45. The molecule has 1 aliphatic heterocycles. The van der Waals surface area contributed by atoms with Crippen LogP contribution >= 0.6 is 23.4 Å². The lowest BCUT2D eigenvalue weighted by molar-refractivity contribution is -0.150. The number of ether oxygens (including phenoxy) is 2. The van der Waals surface area contributed by atoms with E-state index in [1.807, 2.05) is 36.0 Å². The molecule has 0 bridgehead atoms. The van der Waals surface area contributed by atoms with Crippen molar-refractivity contribution in [2.75, 3.05) is 12.4 Å². The highest BCUT2D eigenvalue weighted by Gasteiger charge is 2.46. The highest BCUT2D eigenvalue weighted by molar-refractivity contribution is 7.99. The van der Waals surface area contributed by atoms with Crippen LogP contribution in [-0.2, 0) is 4.74 Å². The van der Waals surface area contributed by atoms with Gasteiger partial charge >= 0.3 is 6.11 Å². The highest BCUT2D eigenvalue weighted by Crippen LogP contribution is 2.44. The fourth-order valence-corrected chi connectivity index (χ4v) is 7.11. The number of unbranched alkanes of at least 4 members (excludes halogenated alkanes) is 1. The summed E-state index contributed by atoms with van der Waals surface area (Å²) in [6.45, 7) is 4.45. The van der Waals surface area contributed by atoms with E-state index in [0.717, 1.165) is 67.9 Å². The van der Waals surface area contributed by atoms with Crippen LogP contribution in [0.2, 0.25) is 5.02 Å². The van der Waals surface area contributed by atoms with Crippen LogP contribution in [0.15, 0.2) is 90.8 Å². The molecule has 3 aromatic rings. The van der Waals surface area contributed by atoms with Crippen LogP contribution in [0.3, 0.4) is 0 Å². The number of hydrogen-bond donors (Lipinski definition) is 0. The standard InChI is InChI=1S/C35H31ClF6O2S/c1-2-3-4-15-43-26-11-14-33(45-20-26)22-6-12-27(29(36)16-22)21-5-13-28(30(38)17-21)23-18-31(39)34(32(40)19-23)35(41,42)44-25-9-7-24(37)8-10-25/h2,5-10,12-13,16-18,26,32-33H,1,3-4,11,14-15,19-20H2. The molecule has 0 amide bonds. The minimum absolute atomic E-state index is 0.119. The third-order valence-electron chi connectivity index (χ3n) is 7.78. The second-order valence-corrected chi connectivity index (χ2v) is 12.6. The molecule has 0 N–H and O–H groups in total. The van der Waals surface area contributed by atoms with Crippen LogP contribution < -0.4 is 4.74 Å². The molecule has 0 saturated carbocycles. The maximum Gasteiger partial charge on any atom is 0.428 e. The van der Waals surface area contributed by atoms with Gasteiger partial charge < -0.3 is 9.47 Å². The van der Waals surface area contributed by atoms with E-state index in [-0.39, 0.29) is 22.5 Å². The minimum atomic E-state index is -4.36. The SMILES string of the molecule is C=CCCCOC1CCC(c2ccc(-c3ccc(C4=CC(F)=C(C(F)(F)Oc5ccc(F)cc5)C(F)C4)c(F)c3)c(Cl)c2)SC1. The number of halogens is 7. The van der Waals surface area contributed by atoms with Crippen LogP contribution in [-0.4, -0.2) is 30.7 Å². The van der Waals surface area contributed by atoms with Crippen molar-refractivity contribution in [1.29, 1.82) is 0 Å². The Morgan fingerprint density at radius 3 is 2.38 bits per heavy atom. The van der Waals surface area contributed by atoms with Crippen LogP contribution in [0.1, 0.15) is 48.5 Å². The molecule has 238 valence electrons. The van der Waals surface area contributed by atoms with E-state index in [0.29, 0.717) is 22.2 Å². The van der Waals surface area contributed by atoms with E-state index >= 15 is 8.78 Å². The summed E-state index contributed by atoms with van der Waals surface area (Å²) in [5.41, 5.74) is 0.358. The molecule has 1 heterocycles. The second kappa shape index (κ2) is 14.5. The van der Waals surface area contributed by atoms with Crippen LogP contribution in [0, 0.1) is 11.6 Å². The maximum absolute atomic E-state index is 15.3. The van der Waals surface area contributed by atoms with Crippen molar-refractivity contribution in [2.24, 2.45) is 0 Å². The number of allylic oxidation sites excluding steroid dienone is 4. The molecule has 3 unspecified atom stereocenters. The first kappa shape index (κ1) is 33.2. The normalized spacial score (nSPS) is 20.6. The van der Waals surface area contributed by atoms with Gasteiger partial charge in [-0.3, -0.25) is 0 Å². The third kappa shape index (κ3) is 7.99. The van der Waals surface area contributed by atoms with Gasteiger partial charge in [-0.1, -0.05) is 41.9 Å². The smallest absolute Gasteiger partial charge is 0.428 e. The first-order chi connectivity index (χ1) is 21.6. The summed E-state index contributed by atoms with van der Waals surface area (Å²) in [5.74, 6) is -2.62. The number of rotatable bonds is 11. The molecule has 3 atom stereocenters. The quantitative estimate of drug-likeness (QED) is 0.115. The Morgan fingerprint density at radius 2 is 1.73 bits per heavy atom. The third-order valence-corrected chi connectivity index (χ3v) is 9.56. The number of alkyl halides is 3. The fourth-order valence-electron chi connectivity index (χ4n) is 5.46. The van der Waals surface area contributed by atoms with Crippen molar-refractivity contribution in [3.05, 3.63) is 119 Å². The van der Waals surface area contributed by atoms with Gasteiger partial charge in [0.05, 0.1) is 6.10 Å². The molecule has 0 radical (unpaired) electrons. The molecular weight excluding hydrogens is 634 g/mol. The molecular formula is C35H31ClF6O2S. The first-order valence-electron chi connectivity index (χ1n) is 14.6. The van der Waals surface area contributed by atoms with Gasteiger partial charge in [0.25, 0.3) is 0 Å². The predicted molar refractivity (Wildman–Crippen MR) is 168 cm³/mol. The Kier molecular flexibility index (Phi) is 10.7. The van der Waals surface area contributed by atoms with Crippen molar-refractivity contribution in [2.45, 2.75) is 55.7 Å². The first-order valence-corrected chi connectivity index (χ1v) is 16.0. The lowest BCUT2D eigenvalue weighted by atomic mass is 9.89. The zero-order valence-corrected chi connectivity index (χ0v) is 25.8. The Hall–Kier alpha value is -3.14. The zero-order chi connectivity index (χ0) is 32.1. The minimum Gasteiger partial charge on any atom is -0.429 e. The van der Waals surface area contributed by atoms with E-state index in [1.165, 1.54) is 12.1 Å². The van der Waals surface area contributed by atoms with Crippen molar-refractivity contribution in [1.82, 2.24) is 0 Å². The predicted octanol–water partition coefficient (Wildman–Crippen LogP) is 11.2. The molecule has 1 aliphatic carbocycles. The zero-order valence-electron chi connectivity index (χ0n) is 24.2. The number of benzene rings is 3. The highest BCUT2D eigenvalue weighted by atomic mass is 35.5. The van der Waals surface area contributed by atoms with E-state index in [2.05, 4.69) is 11.3 Å². The summed E-state index contributed by atoms with van der Waals surface area (Å²) in [5, 5.41) is 0.697.